The number of benzene rings is 1. The lowest BCUT2D eigenvalue weighted by Gasteiger charge is -2.18. The largest absolute Gasteiger partial charge is 0.493 e. The predicted molar refractivity (Wildman–Crippen MR) is 107 cm³/mol. The fraction of sp³-hybridized carbons (Fsp3) is 0.474. The monoisotopic (exact) mass is 391 g/mol. The summed E-state index contributed by atoms with van der Waals surface area (Å²) in [5.74, 6) is 1.94. The van der Waals surface area contributed by atoms with Crippen molar-refractivity contribution in [3.63, 3.8) is 0 Å². The van der Waals surface area contributed by atoms with Gasteiger partial charge < -0.3 is 14.8 Å². The van der Waals surface area contributed by atoms with Crippen molar-refractivity contribution in [2.24, 2.45) is 0 Å². The molecule has 0 radical (unpaired) electrons. The van der Waals surface area contributed by atoms with Crippen molar-refractivity contribution in [2.75, 3.05) is 25.3 Å². The number of anilines is 1. The highest BCUT2D eigenvalue weighted by Crippen LogP contribution is 2.42. The van der Waals surface area contributed by atoms with E-state index >= 15 is 0 Å². The number of nitrogens with one attached hydrogen (secondary N) is 2. The predicted octanol–water partition coefficient (Wildman–Crippen LogP) is 3.33. The van der Waals surface area contributed by atoms with Gasteiger partial charge in [-0.3, -0.25) is 19.4 Å². The van der Waals surface area contributed by atoms with Crippen LogP contribution in [0, 0.1) is 0 Å². The van der Waals surface area contributed by atoms with Gasteiger partial charge in [-0.15, -0.1) is 11.8 Å². The Kier molecular flexibility index (Phi) is 5.84. The maximum atomic E-state index is 12.8. The van der Waals surface area contributed by atoms with Crippen molar-refractivity contribution in [3.8, 4) is 11.5 Å². The van der Waals surface area contributed by atoms with Gasteiger partial charge in [-0.25, -0.2) is 0 Å². The highest BCUT2D eigenvalue weighted by Gasteiger charge is 2.31. The molecule has 1 aliphatic rings. The number of carbonyl (C=O) groups excluding carboxylic acids is 1. The third-order valence-corrected chi connectivity index (χ3v) is 5.99. The highest BCUT2D eigenvalue weighted by atomic mass is 32.2. The number of ether oxygens (including phenoxy) is 2. The number of rotatable bonds is 6. The van der Waals surface area contributed by atoms with Crippen molar-refractivity contribution in [2.45, 2.75) is 38.0 Å². The Balaban J connectivity index is 2.12. The molecule has 7 nitrogen and oxygen atoms in total. The fourth-order valence-corrected chi connectivity index (χ4v) is 4.51. The zero-order valence-corrected chi connectivity index (χ0v) is 16.8. The number of aromatic nitrogens is 2. The molecular formula is C19H25N3O4S. The number of nitrogens with zero attached hydrogens (tertiary/aromatic N) is 1. The first-order chi connectivity index (χ1) is 13.0. The molecule has 3 rings (SSSR count). The molecular weight excluding hydrogens is 366 g/mol. The standard InChI is InChI=1S/C19H25N3O4S/c1-5-6-11(2)22-18-16(19(24)21-22)17(27-10-15(23)20-18)12-7-8-13(25-3)14(9-12)26-4/h7-9,11,17H,5-6,10H2,1-4H3,(H,20,23)(H,21,24)/t11-,17-/m0/s1. The molecule has 1 aromatic carbocycles. The molecule has 0 fully saturated rings. The summed E-state index contributed by atoms with van der Waals surface area (Å²) in [7, 11) is 3.16. The molecule has 0 saturated heterocycles. The summed E-state index contributed by atoms with van der Waals surface area (Å²) in [5, 5.41) is 5.55. The lowest BCUT2D eigenvalue weighted by molar-refractivity contribution is -0.113. The molecule has 1 aliphatic heterocycles. The van der Waals surface area contributed by atoms with Crippen molar-refractivity contribution in [3.05, 3.63) is 39.7 Å². The third kappa shape index (κ3) is 3.71. The van der Waals surface area contributed by atoms with Crippen LogP contribution in [0.2, 0.25) is 0 Å². The summed E-state index contributed by atoms with van der Waals surface area (Å²) in [6.07, 6.45) is 1.89. The van der Waals surface area contributed by atoms with E-state index in [0.717, 1.165) is 18.4 Å². The Morgan fingerprint density at radius 1 is 1.26 bits per heavy atom. The Morgan fingerprint density at radius 3 is 2.67 bits per heavy atom. The summed E-state index contributed by atoms with van der Waals surface area (Å²) in [6, 6.07) is 5.67. The van der Waals surface area contributed by atoms with Crippen LogP contribution >= 0.6 is 11.8 Å². The number of amides is 1. The number of aromatic amines is 1. The molecule has 27 heavy (non-hydrogen) atoms. The van der Waals surface area contributed by atoms with E-state index in [4.69, 9.17) is 9.47 Å². The maximum absolute atomic E-state index is 12.8. The summed E-state index contributed by atoms with van der Waals surface area (Å²) in [4.78, 5) is 25.1. The molecule has 0 spiro atoms. The summed E-state index contributed by atoms with van der Waals surface area (Å²) >= 11 is 1.43. The van der Waals surface area contributed by atoms with Gasteiger partial charge in [0.1, 0.15) is 5.82 Å². The Labute approximate surface area is 162 Å². The van der Waals surface area contributed by atoms with Gasteiger partial charge >= 0.3 is 0 Å². The van der Waals surface area contributed by atoms with Gasteiger partial charge in [0.15, 0.2) is 11.5 Å². The first-order valence-corrected chi connectivity index (χ1v) is 10.0. The Bertz CT molecular complexity index is 890. The summed E-state index contributed by atoms with van der Waals surface area (Å²) < 4.78 is 12.5. The van der Waals surface area contributed by atoms with Crippen LogP contribution < -0.4 is 20.3 Å². The van der Waals surface area contributed by atoms with Crippen LogP contribution in [-0.2, 0) is 4.79 Å². The van der Waals surface area contributed by atoms with Crippen LogP contribution in [0.1, 0.15) is 49.1 Å². The maximum Gasteiger partial charge on any atom is 0.270 e. The van der Waals surface area contributed by atoms with Gasteiger partial charge in [0.25, 0.3) is 5.56 Å². The van der Waals surface area contributed by atoms with Crippen molar-refractivity contribution in [1.82, 2.24) is 9.78 Å². The van der Waals surface area contributed by atoms with E-state index in [9.17, 15) is 9.59 Å². The molecule has 0 aliphatic carbocycles. The molecule has 2 aromatic rings. The van der Waals surface area contributed by atoms with Crippen LogP contribution in [0.5, 0.6) is 11.5 Å². The number of fused-ring (bicyclic) bond motifs is 1. The van der Waals surface area contributed by atoms with E-state index in [1.54, 1.807) is 18.9 Å². The molecule has 0 saturated carbocycles. The van der Waals surface area contributed by atoms with Crippen molar-refractivity contribution in [1.29, 1.82) is 0 Å². The summed E-state index contributed by atoms with van der Waals surface area (Å²) in [6.45, 7) is 4.13. The lowest BCUT2D eigenvalue weighted by atomic mass is 10.1. The minimum atomic E-state index is -0.280. The zero-order valence-electron chi connectivity index (χ0n) is 16.0. The molecule has 0 unspecified atom stereocenters. The Morgan fingerprint density at radius 2 is 2.00 bits per heavy atom. The number of hydrogen-bond acceptors (Lipinski definition) is 5. The third-order valence-electron chi connectivity index (χ3n) is 4.72. The van der Waals surface area contributed by atoms with E-state index in [2.05, 4.69) is 17.3 Å². The Hall–Kier alpha value is -2.35. The average molecular weight is 391 g/mol. The van der Waals surface area contributed by atoms with E-state index in [0.29, 0.717) is 22.9 Å². The molecule has 1 amide bonds. The minimum absolute atomic E-state index is 0.0842. The van der Waals surface area contributed by atoms with Gasteiger partial charge in [-0.05, 0) is 31.0 Å². The van der Waals surface area contributed by atoms with Gasteiger partial charge in [0.2, 0.25) is 5.91 Å². The number of thioether (sulfide) groups is 1. The van der Waals surface area contributed by atoms with Crippen LogP contribution in [0.25, 0.3) is 0 Å². The molecule has 1 aromatic heterocycles. The van der Waals surface area contributed by atoms with Crippen LogP contribution in [0.4, 0.5) is 5.82 Å². The first kappa shape index (κ1) is 19.4. The van der Waals surface area contributed by atoms with Crippen LogP contribution in [0.15, 0.2) is 23.0 Å². The molecule has 8 heteroatoms. The minimum Gasteiger partial charge on any atom is -0.493 e. The fourth-order valence-electron chi connectivity index (χ4n) is 3.40. The van der Waals surface area contributed by atoms with Gasteiger partial charge in [0, 0.05) is 6.04 Å². The molecule has 0 bridgehead atoms. The van der Waals surface area contributed by atoms with Crippen molar-refractivity contribution >= 4 is 23.5 Å². The quantitative estimate of drug-likeness (QED) is 0.789. The highest BCUT2D eigenvalue weighted by molar-refractivity contribution is 8.00. The lowest BCUT2D eigenvalue weighted by Crippen LogP contribution is -2.18. The van der Waals surface area contributed by atoms with E-state index < -0.39 is 0 Å². The zero-order chi connectivity index (χ0) is 19.6. The van der Waals surface area contributed by atoms with E-state index in [1.165, 1.54) is 11.8 Å². The molecule has 2 N–H and O–H groups in total. The van der Waals surface area contributed by atoms with Crippen LogP contribution in [0.3, 0.4) is 0 Å². The smallest absolute Gasteiger partial charge is 0.270 e. The second kappa shape index (κ2) is 8.12. The normalized spacial score (nSPS) is 17.6. The van der Waals surface area contributed by atoms with Crippen molar-refractivity contribution < 1.29 is 14.3 Å². The second-order valence-corrected chi connectivity index (χ2v) is 7.66. The van der Waals surface area contributed by atoms with Gasteiger partial charge in [-0.1, -0.05) is 19.4 Å². The topological polar surface area (TPSA) is 85.4 Å². The van der Waals surface area contributed by atoms with Crippen LogP contribution in [-0.4, -0.2) is 35.7 Å². The molecule has 2 atom stereocenters. The van der Waals surface area contributed by atoms with E-state index in [-0.39, 0.29) is 28.5 Å². The number of hydrogen-bond donors (Lipinski definition) is 2. The number of carbonyl (C=O) groups is 1. The second-order valence-electron chi connectivity index (χ2n) is 6.56. The summed E-state index contributed by atoms with van der Waals surface area (Å²) in [5.41, 5.74) is 1.28. The molecule has 146 valence electrons. The van der Waals surface area contributed by atoms with Gasteiger partial charge in [-0.2, -0.15) is 0 Å². The van der Waals surface area contributed by atoms with Gasteiger partial charge in [0.05, 0.1) is 30.8 Å². The average Bonchev–Trinajstić information content (AvgIpc) is 2.87. The first-order valence-electron chi connectivity index (χ1n) is 8.97. The van der Waals surface area contributed by atoms with E-state index in [1.807, 2.05) is 25.1 Å². The SMILES string of the molecule is CCC[C@H](C)n1[nH]c(=O)c2c1NC(=O)CS[C@H]2c1ccc(OC)c(OC)c1. The number of H-pyrrole nitrogens is 1. The molecule has 2 heterocycles. The number of methoxy groups -OCH3 is 2.